The van der Waals surface area contributed by atoms with Crippen LogP contribution in [0, 0.1) is 0 Å². The van der Waals surface area contributed by atoms with Crippen LogP contribution in [0.25, 0.3) is 0 Å². The topological polar surface area (TPSA) is 92.8 Å². The molecule has 0 radical (unpaired) electrons. The first-order valence-electron chi connectivity index (χ1n) is 8.56. The molecule has 3 rings (SSSR count). The molecule has 7 nitrogen and oxygen atoms in total. The Morgan fingerprint density at radius 2 is 1.89 bits per heavy atom. The maximum absolute atomic E-state index is 12.7. The van der Waals surface area contributed by atoms with Crippen molar-refractivity contribution in [1.82, 2.24) is 5.32 Å². The fourth-order valence-electron chi connectivity index (χ4n) is 3.00. The molecule has 1 atom stereocenters. The van der Waals surface area contributed by atoms with Gasteiger partial charge in [-0.05, 0) is 42.3 Å². The molecule has 0 aromatic heterocycles. The van der Waals surface area contributed by atoms with E-state index >= 15 is 0 Å². The summed E-state index contributed by atoms with van der Waals surface area (Å²) in [5.74, 6) is -1.01. The van der Waals surface area contributed by atoms with Gasteiger partial charge in [0.2, 0.25) is 10.0 Å². The SMILES string of the molecule is COC(=O)C(NC(=O)c1cccc(N2CCCS2(=O)=O)c1)c1ccc(Br)cc1. The van der Waals surface area contributed by atoms with Crippen molar-refractivity contribution in [3.63, 3.8) is 0 Å². The summed E-state index contributed by atoms with van der Waals surface area (Å²) in [6.45, 7) is 0.386. The van der Waals surface area contributed by atoms with Gasteiger partial charge in [-0.2, -0.15) is 0 Å². The van der Waals surface area contributed by atoms with Gasteiger partial charge < -0.3 is 10.1 Å². The maximum atomic E-state index is 12.7. The van der Waals surface area contributed by atoms with E-state index in [2.05, 4.69) is 21.2 Å². The average Bonchev–Trinajstić information content (AvgIpc) is 3.05. The highest BCUT2D eigenvalue weighted by atomic mass is 79.9. The molecule has 1 aliphatic heterocycles. The number of amides is 1. The number of halogens is 1. The van der Waals surface area contributed by atoms with Gasteiger partial charge in [0.05, 0.1) is 18.6 Å². The number of anilines is 1. The molecule has 1 saturated heterocycles. The van der Waals surface area contributed by atoms with Gasteiger partial charge in [-0.25, -0.2) is 13.2 Å². The van der Waals surface area contributed by atoms with E-state index in [0.29, 0.717) is 24.2 Å². The number of nitrogens with zero attached hydrogens (tertiary/aromatic N) is 1. The summed E-state index contributed by atoms with van der Waals surface area (Å²) in [6.07, 6.45) is 0.548. The average molecular weight is 467 g/mol. The molecule has 0 saturated carbocycles. The number of sulfonamides is 1. The minimum absolute atomic E-state index is 0.0946. The van der Waals surface area contributed by atoms with E-state index in [1.807, 2.05) is 0 Å². The first-order chi connectivity index (χ1) is 13.3. The second kappa shape index (κ2) is 8.32. The third kappa shape index (κ3) is 4.36. The predicted molar refractivity (Wildman–Crippen MR) is 109 cm³/mol. The second-order valence-corrected chi connectivity index (χ2v) is 9.20. The Kier molecular flexibility index (Phi) is 6.04. The van der Waals surface area contributed by atoms with Crippen LogP contribution in [0.15, 0.2) is 53.0 Å². The van der Waals surface area contributed by atoms with Crippen LogP contribution in [0.2, 0.25) is 0 Å². The molecule has 148 valence electrons. The van der Waals surface area contributed by atoms with Crippen LogP contribution in [0.5, 0.6) is 0 Å². The Morgan fingerprint density at radius 1 is 1.18 bits per heavy atom. The number of methoxy groups -OCH3 is 1. The zero-order valence-corrected chi connectivity index (χ0v) is 17.5. The molecule has 0 bridgehead atoms. The smallest absolute Gasteiger partial charge is 0.333 e. The Hall–Kier alpha value is -2.39. The minimum Gasteiger partial charge on any atom is -0.467 e. The molecule has 1 unspecified atom stereocenters. The van der Waals surface area contributed by atoms with Crippen molar-refractivity contribution >= 4 is 43.5 Å². The molecule has 28 heavy (non-hydrogen) atoms. The Bertz CT molecular complexity index is 992. The number of hydrogen-bond donors (Lipinski definition) is 1. The normalized spacial score (nSPS) is 16.4. The van der Waals surface area contributed by atoms with Crippen LogP contribution in [0.3, 0.4) is 0 Å². The van der Waals surface area contributed by atoms with Gasteiger partial charge in [0.15, 0.2) is 6.04 Å². The Labute approximate surface area is 171 Å². The summed E-state index contributed by atoms with van der Waals surface area (Å²) in [5.41, 5.74) is 1.26. The first-order valence-corrected chi connectivity index (χ1v) is 11.0. The molecule has 1 amide bonds. The van der Waals surface area contributed by atoms with Crippen molar-refractivity contribution in [2.45, 2.75) is 12.5 Å². The molecule has 2 aromatic carbocycles. The molecule has 1 fully saturated rings. The van der Waals surface area contributed by atoms with Gasteiger partial charge in [0.25, 0.3) is 5.91 Å². The number of rotatable bonds is 5. The molecular formula is C19H19BrN2O5S. The molecular weight excluding hydrogens is 448 g/mol. The molecule has 2 aromatic rings. The molecule has 0 aliphatic carbocycles. The van der Waals surface area contributed by atoms with E-state index in [1.54, 1.807) is 42.5 Å². The number of ether oxygens (including phenoxy) is 1. The van der Waals surface area contributed by atoms with E-state index in [9.17, 15) is 18.0 Å². The van der Waals surface area contributed by atoms with E-state index in [0.717, 1.165) is 4.47 Å². The highest BCUT2D eigenvalue weighted by Gasteiger charge is 2.29. The van der Waals surface area contributed by atoms with Gasteiger partial charge in [-0.15, -0.1) is 0 Å². The van der Waals surface area contributed by atoms with Gasteiger partial charge in [-0.1, -0.05) is 34.1 Å². The summed E-state index contributed by atoms with van der Waals surface area (Å²) in [6, 6.07) is 12.3. The third-order valence-corrected chi connectivity index (χ3v) is 6.81. The Morgan fingerprint density at radius 3 is 2.50 bits per heavy atom. The number of carbonyl (C=O) groups excluding carboxylic acids is 2. The van der Waals surface area contributed by atoms with Crippen LogP contribution >= 0.6 is 15.9 Å². The number of carbonyl (C=O) groups is 2. The van der Waals surface area contributed by atoms with Crippen molar-refractivity contribution in [1.29, 1.82) is 0 Å². The summed E-state index contributed by atoms with van der Waals surface area (Å²) >= 11 is 3.33. The third-order valence-electron chi connectivity index (χ3n) is 4.41. The van der Waals surface area contributed by atoms with Crippen molar-refractivity contribution in [3.05, 3.63) is 64.1 Å². The van der Waals surface area contributed by atoms with Gasteiger partial charge in [0.1, 0.15) is 0 Å². The lowest BCUT2D eigenvalue weighted by molar-refractivity contribution is -0.143. The van der Waals surface area contributed by atoms with E-state index in [1.165, 1.54) is 17.5 Å². The van der Waals surface area contributed by atoms with E-state index in [-0.39, 0.29) is 11.3 Å². The van der Waals surface area contributed by atoms with Crippen molar-refractivity contribution < 1.29 is 22.7 Å². The Balaban J connectivity index is 1.85. The standard InChI is InChI=1S/C19H19BrN2O5S/c1-27-19(24)17(13-6-8-15(20)9-7-13)21-18(23)14-4-2-5-16(12-14)22-10-3-11-28(22,25)26/h2,4-9,12,17H,3,10-11H2,1H3,(H,21,23). The van der Waals surface area contributed by atoms with Gasteiger partial charge in [-0.3, -0.25) is 9.10 Å². The van der Waals surface area contributed by atoms with Crippen LogP contribution in [-0.4, -0.2) is 39.7 Å². The first kappa shape index (κ1) is 20.3. The lowest BCUT2D eigenvalue weighted by atomic mass is 10.1. The van der Waals surface area contributed by atoms with Gasteiger partial charge >= 0.3 is 5.97 Å². The summed E-state index contributed by atoms with van der Waals surface area (Å²) in [4.78, 5) is 24.9. The molecule has 1 aliphatic rings. The van der Waals surface area contributed by atoms with E-state index in [4.69, 9.17) is 4.74 Å². The lowest BCUT2D eigenvalue weighted by Crippen LogP contribution is -2.34. The lowest BCUT2D eigenvalue weighted by Gasteiger charge is -2.19. The number of hydrogen-bond acceptors (Lipinski definition) is 5. The highest BCUT2D eigenvalue weighted by Crippen LogP contribution is 2.25. The fourth-order valence-corrected chi connectivity index (χ4v) is 4.82. The summed E-state index contributed by atoms with van der Waals surface area (Å²) in [5, 5.41) is 2.66. The van der Waals surface area contributed by atoms with Crippen LogP contribution < -0.4 is 9.62 Å². The largest absolute Gasteiger partial charge is 0.467 e. The molecule has 1 heterocycles. The number of esters is 1. The van der Waals surface area contributed by atoms with E-state index < -0.39 is 27.9 Å². The highest BCUT2D eigenvalue weighted by molar-refractivity contribution is 9.10. The van der Waals surface area contributed by atoms with Crippen LogP contribution in [0.1, 0.15) is 28.4 Å². The zero-order valence-electron chi connectivity index (χ0n) is 15.1. The molecule has 0 spiro atoms. The van der Waals surface area contributed by atoms with Crippen molar-refractivity contribution in [3.8, 4) is 0 Å². The van der Waals surface area contributed by atoms with Crippen LogP contribution in [0.4, 0.5) is 5.69 Å². The zero-order chi connectivity index (χ0) is 20.3. The van der Waals surface area contributed by atoms with Crippen molar-refractivity contribution in [2.75, 3.05) is 23.7 Å². The summed E-state index contributed by atoms with van der Waals surface area (Å²) < 4.78 is 31.2. The fraction of sp³-hybridized carbons (Fsp3) is 0.263. The molecule has 9 heteroatoms. The molecule has 1 N–H and O–H groups in total. The monoisotopic (exact) mass is 466 g/mol. The van der Waals surface area contributed by atoms with Crippen LogP contribution in [-0.2, 0) is 19.6 Å². The number of nitrogens with one attached hydrogen (secondary N) is 1. The maximum Gasteiger partial charge on any atom is 0.333 e. The van der Waals surface area contributed by atoms with Crippen molar-refractivity contribution in [2.24, 2.45) is 0 Å². The minimum atomic E-state index is -3.35. The predicted octanol–water partition coefficient (Wildman–Crippen LogP) is 2.63. The second-order valence-electron chi connectivity index (χ2n) is 6.27. The quantitative estimate of drug-likeness (QED) is 0.683. The van der Waals surface area contributed by atoms with Gasteiger partial charge in [0, 0.05) is 16.6 Å². The number of benzene rings is 2. The summed E-state index contributed by atoms with van der Waals surface area (Å²) in [7, 11) is -2.10.